The van der Waals surface area contributed by atoms with E-state index in [1.54, 1.807) is 13.8 Å². The zero-order valence-corrected chi connectivity index (χ0v) is 10.9. The van der Waals surface area contributed by atoms with Gasteiger partial charge in [0, 0.05) is 18.9 Å². The smallest absolute Gasteiger partial charge is 0.313 e. The Labute approximate surface area is 102 Å². The van der Waals surface area contributed by atoms with Crippen molar-refractivity contribution in [1.82, 2.24) is 4.57 Å². The van der Waals surface area contributed by atoms with Crippen molar-refractivity contribution in [2.75, 3.05) is 7.11 Å². The molecule has 0 aliphatic rings. The molecule has 0 saturated carbocycles. The molecular formula is C11H19ClN2O2. The molecule has 0 bridgehead atoms. The van der Waals surface area contributed by atoms with Crippen LogP contribution in [-0.4, -0.2) is 17.6 Å². The fourth-order valence-electron chi connectivity index (χ4n) is 1.56. The second-order valence-corrected chi connectivity index (χ2v) is 4.23. The quantitative estimate of drug-likeness (QED) is 0.825. The summed E-state index contributed by atoms with van der Waals surface area (Å²) in [6.07, 6.45) is 1.91. The van der Waals surface area contributed by atoms with E-state index < -0.39 is 5.41 Å². The molecule has 1 atom stereocenters. The Morgan fingerprint density at radius 1 is 1.56 bits per heavy atom. The first-order valence-electron chi connectivity index (χ1n) is 4.86. The van der Waals surface area contributed by atoms with E-state index in [1.165, 1.54) is 7.11 Å². The maximum absolute atomic E-state index is 11.6. The lowest BCUT2D eigenvalue weighted by Gasteiger charge is -2.28. The summed E-state index contributed by atoms with van der Waals surface area (Å²) in [6.45, 7) is 3.58. The van der Waals surface area contributed by atoms with Crippen LogP contribution in [0.2, 0.25) is 0 Å². The van der Waals surface area contributed by atoms with Crippen molar-refractivity contribution >= 4 is 18.4 Å². The molecule has 0 unspecified atom stereocenters. The normalized spacial score (nSPS) is 12.8. The lowest BCUT2D eigenvalue weighted by Crippen LogP contribution is -2.38. The number of aryl methyl sites for hydroxylation is 1. The fraction of sp³-hybridized carbons (Fsp3) is 0.545. The lowest BCUT2D eigenvalue weighted by molar-refractivity contribution is -0.152. The van der Waals surface area contributed by atoms with Crippen molar-refractivity contribution < 1.29 is 9.53 Å². The van der Waals surface area contributed by atoms with E-state index in [4.69, 9.17) is 10.5 Å². The molecule has 0 spiro atoms. The zero-order valence-electron chi connectivity index (χ0n) is 10.1. The van der Waals surface area contributed by atoms with Gasteiger partial charge in [-0.25, -0.2) is 0 Å². The van der Waals surface area contributed by atoms with Crippen LogP contribution >= 0.6 is 12.4 Å². The standard InChI is InChI=1S/C11H18N2O2.ClH/c1-11(2,10(14)15-4)9(12)8-6-5-7-13(8)3;/h5-7,9H,12H2,1-4H3;1H/t9-;/m1./s1. The van der Waals surface area contributed by atoms with Gasteiger partial charge in [0.05, 0.1) is 18.6 Å². The lowest BCUT2D eigenvalue weighted by atomic mass is 9.83. The average Bonchev–Trinajstić information content (AvgIpc) is 2.61. The van der Waals surface area contributed by atoms with Gasteiger partial charge in [-0.1, -0.05) is 0 Å². The van der Waals surface area contributed by atoms with Gasteiger partial charge in [-0.3, -0.25) is 4.79 Å². The minimum atomic E-state index is -0.721. The van der Waals surface area contributed by atoms with Crippen molar-refractivity contribution in [3.63, 3.8) is 0 Å². The third-order valence-electron chi connectivity index (χ3n) is 2.79. The molecular weight excluding hydrogens is 228 g/mol. The van der Waals surface area contributed by atoms with Gasteiger partial charge in [0.2, 0.25) is 0 Å². The van der Waals surface area contributed by atoms with Gasteiger partial charge in [0.15, 0.2) is 0 Å². The molecule has 0 fully saturated rings. The number of nitrogens with zero attached hydrogens (tertiary/aromatic N) is 1. The van der Waals surface area contributed by atoms with Crippen molar-refractivity contribution in [1.29, 1.82) is 0 Å². The van der Waals surface area contributed by atoms with E-state index in [0.717, 1.165) is 5.69 Å². The molecule has 1 rings (SSSR count). The summed E-state index contributed by atoms with van der Waals surface area (Å²) in [4.78, 5) is 11.6. The molecule has 0 aliphatic heterocycles. The minimum Gasteiger partial charge on any atom is -0.469 e. The summed E-state index contributed by atoms with van der Waals surface area (Å²) in [5, 5.41) is 0. The number of esters is 1. The number of hydrogen-bond acceptors (Lipinski definition) is 3. The van der Waals surface area contributed by atoms with Gasteiger partial charge in [-0.2, -0.15) is 0 Å². The molecule has 0 amide bonds. The second-order valence-electron chi connectivity index (χ2n) is 4.23. The number of ether oxygens (including phenoxy) is 1. The van der Waals surface area contributed by atoms with E-state index in [-0.39, 0.29) is 24.4 Å². The topological polar surface area (TPSA) is 57.2 Å². The van der Waals surface area contributed by atoms with Crippen LogP contribution in [0.4, 0.5) is 0 Å². The van der Waals surface area contributed by atoms with Gasteiger partial charge >= 0.3 is 5.97 Å². The molecule has 0 radical (unpaired) electrons. The van der Waals surface area contributed by atoms with Crippen molar-refractivity contribution in [2.45, 2.75) is 19.9 Å². The molecule has 0 saturated heterocycles. The zero-order chi connectivity index (χ0) is 11.6. The largest absolute Gasteiger partial charge is 0.469 e. The van der Waals surface area contributed by atoms with E-state index >= 15 is 0 Å². The van der Waals surface area contributed by atoms with E-state index in [9.17, 15) is 4.79 Å². The molecule has 16 heavy (non-hydrogen) atoms. The maximum atomic E-state index is 11.6. The molecule has 0 aliphatic carbocycles. The summed E-state index contributed by atoms with van der Waals surface area (Å²) < 4.78 is 6.66. The first-order valence-corrected chi connectivity index (χ1v) is 4.86. The fourth-order valence-corrected chi connectivity index (χ4v) is 1.56. The molecule has 92 valence electrons. The number of carbonyl (C=O) groups excluding carboxylic acids is 1. The van der Waals surface area contributed by atoms with Crippen LogP contribution < -0.4 is 5.73 Å². The third kappa shape index (κ3) is 2.57. The average molecular weight is 247 g/mol. The Bertz CT molecular complexity index is 361. The summed E-state index contributed by atoms with van der Waals surface area (Å²) >= 11 is 0. The number of halogens is 1. The molecule has 0 aromatic carbocycles. The van der Waals surface area contributed by atoms with Crippen molar-refractivity contribution in [2.24, 2.45) is 18.2 Å². The summed E-state index contributed by atoms with van der Waals surface area (Å²) in [5.74, 6) is -0.295. The Hall–Kier alpha value is -1.00. The summed E-state index contributed by atoms with van der Waals surface area (Å²) in [5.41, 5.74) is 6.27. The number of carbonyl (C=O) groups is 1. The summed E-state index contributed by atoms with van der Waals surface area (Å²) in [7, 11) is 3.28. The van der Waals surface area contributed by atoms with Crippen LogP contribution in [0.25, 0.3) is 0 Å². The number of hydrogen-bond donors (Lipinski definition) is 1. The van der Waals surface area contributed by atoms with Crippen LogP contribution in [0.1, 0.15) is 25.6 Å². The van der Waals surface area contributed by atoms with E-state index in [1.807, 2.05) is 29.9 Å². The van der Waals surface area contributed by atoms with E-state index in [2.05, 4.69) is 0 Å². The van der Waals surface area contributed by atoms with Gasteiger partial charge in [0.1, 0.15) is 0 Å². The predicted octanol–water partition coefficient (Wildman–Crippen LogP) is 1.65. The van der Waals surface area contributed by atoms with Crippen LogP contribution in [-0.2, 0) is 16.6 Å². The van der Waals surface area contributed by atoms with Gasteiger partial charge in [0.25, 0.3) is 0 Å². The highest BCUT2D eigenvalue weighted by Crippen LogP contribution is 2.32. The number of aromatic nitrogens is 1. The van der Waals surface area contributed by atoms with Gasteiger partial charge in [-0.15, -0.1) is 12.4 Å². The van der Waals surface area contributed by atoms with Crippen molar-refractivity contribution in [3.8, 4) is 0 Å². The molecule has 2 N–H and O–H groups in total. The van der Waals surface area contributed by atoms with Crippen LogP contribution in [0.3, 0.4) is 0 Å². The van der Waals surface area contributed by atoms with Crippen LogP contribution in [0.15, 0.2) is 18.3 Å². The molecule has 5 heteroatoms. The Morgan fingerprint density at radius 3 is 2.50 bits per heavy atom. The van der Waals surface area contributed by atoms with Crippen LogP contribution in [0, 0.1) is 5.41 Å². The van der Waals surface area contributed by atoms with E-state index in [0.29, 0.717) is 0 Å². The highest BCUT2D eigenvalue weighted by Gasteiger charge is 2.37. The highest BCUT2D eigenvalue weighted by atomic mass is 35.5. The monoisotopic (exact) mass is 246 g/mol. The van der Waals surface area contributed by atoms with Gasteiger partial charge < -0.3 is 15.0 Å². The number of rotatable bonds is 3. The third-order valence-corrected chi connectivity index (χ3v) is 2.79. The Balaban J connectivity index is 0.00000225. The molecule has 1 aromatic heterocycles. The minimum absolute atomic E-state index is 0. The summed E-state index contributed by atoms with van der Waals surface area (Å²) in [6, 6.07) is 3.45. The first-order chi connectivity index (χ1) is 6.91. The van der Waals surface area contributed by atoms with Crippen LogP contribution in [0.5, 0.6) is 0 Å². The Morgan fingerprint density at radius 2 is 2.12 bits per heavy atom. The molecule has 1 heterocycles. The second kappa shape index (κ2) is 5.37. The maximum Gasteiger partial charge on any atom is 0.313 e. The van der Waals surface area contributed by atoms with Crippen molar-refractivity contribution in [3.05, 3.63) is 24.0 Å². The highest BCUT2D eigenvalue weighted by molar-refractivity contribution is 5.85. The molecule has 4 nitrogen and oxygen atoms in total. The number of nitrogens with two attached hydrogens (primary N) is 1. The molecule has 1 aromatic rings. The Kier molecular flexibility index (Phi) is 5.03. The predicted molar refractivity (Wildman–Crippen MR) is 65.4 cm³/mol. The van der Waals surface area contributed by atoms with Gasteiger partial charge in [-0.05, 0) is 26.0 Å². The SMILES string of the molecule is COC(=O)C(C)(C)[C@H](N)c1cccn1C.Cl. The number of methoxy groups -OCH3 is 1. The first kappa shape index (κ1) is 15.0.